The van der Waals surface area contributed by atoms with E-state index in [-0.39, 0.29) is 31.1 Å². The van der Waals surface area contributed by atoms with Gasteiger partial charge in [-0.3, -0.25) is 14.4 Å². The van der Waals surface area contributed by atoms with Gasteiger partial charge in [0.15, 0.2) is 23.9 Å². The van der Waals surface area contributed by atoms with Crippen molar-refractivity contribution in [1.29, 1.82) is 0 Å². The van der Waals surface area contributed by atoms with Crippen molar-refractivity contribution in [2.24, 2.45) is 0 Å². The lowest BCUT2D eigenvalue weighted by Gasteiger charge is -2.18. The quantitative estimate of drug-likeness (QED) is 0.595. The predicted octanol–water partition coefficient (Wildman–Crippen LogP) is 2.87. The van der Waals surface area contributed by atoms with Crippen molar-refractivity contribution >= 4 is 17.7 Å². The molecule has 0 aliphatic carbocycles. The number of amides is 1. The van der Waals surface area contributed by atoms with Crippen molar-refractivity contribution in [2.45, 2.75) is 26.2 Å². The fourth-order valence-corrected chi connectivity index (χ4v) is 2.73. The highest BCUT2D eigenvalue weighted by Gasteiger charge is 2.18. The summed E-state index contributed by atoms with van der Waals surface area (Å²) < 4.78 is 15.4. The van der Waals surface area contributed by atoms with Gasteiger partial charge in [-0.15, -0.1) is 0 Å². The van der Waals surface area contributed by atoms with Crippen molar-refractivity contribution in [2.75, 3.05) is 19.9 Å². The van der Waals surface area contributed by atoms with Gasteiger partial charge in [-0.05, 0) is 29.2 Å². The molecule has 1 amide bonds. The summed E-state index contributed by atoms with van der Waals surface area (Å²) in [7, 11) is 0. The van der Waals surface area contributed by atoms with Crippen molar-refractivity contribution < 1.29 is 28.6 Å². The first-order valence-electron chi connectivity index (χ1n) is 9.21. The van der Waals surface area contributed by atoms with Crippen LogP contribution in [0.2, 0.25) is 0 Å². The topological polar surface area (TPSA) is 90.9 Å². The normalized spacial score (nSPS) is 12.4. The van der Waals surface area contributed by atoms with Gasteiger partial charge < -0.3 is 19.5 Å². The molecular formula is C22H23NO6. The molecule has 1 heterocycles. The maximum atomic E-state index is 12.2. The molecule has 0 radical (unpaired) electrons. The third-order valence-corrected chi connectivity index (χ3v) is 4.47. The second-order valence-electron chi connectivity index (χ2n) is 7.66. The third kappa shape index (κ3) is 5.13. The summed E-state index contributed by atoms with van der Waals surface area (Å²) in [5, 5.41) is 2.46. The molecular weight excluding hydrogens is 374 g/mol. The van der Waals surface area contributed by atoms with Crippen molar-refractivity contribution in [3.8, 4) is 11.5 Å². The minimum Gasteiger partial charge on any atom is -0.456 e. The Kier molecular flexibility index (Phi) is 5.87. The molecule has 2 aromatic rings. The summed E-state index contributed by atoms with van der Waals surface area (Å²) in [6, 6.07) is 11.9. The van der Waals surface area contributed by atoms with Crippen molar-refractivity contribution in [3.63, 3.8) is 0 Å². The van der Waals surface area contributed by atoms with E-state index in [2.05, 4.69) is 26.1 Å². The average Bonchev–Trinajstić information content (AvgIpc) is 3.17. The molecule has 0 bridgehead atoms. The average molecular weight is 397 g/mol. The first-order valence-corrected chi connectivity index (χ1v) is 9.21. The molecule has 3 rings (SSSR count). The molecule has 2 aromatic carbocycles. The van der Waals surface area contributed by atoms with Gasteiger partial charge in [0.25, 0.3) is 5.91 Å². The van der Waals surface area contributed by atoms with Gasteiger partial charge in [-0.2, -0.15) is 0 Å². The van der Waals surface area contributed by atoms with Crippen LogP contribution in [0.1, 0.15) is 47.1 Å². The lowest BCUT2D eigenvalue weighted by Crippen LogP contribution is -2.31. The van der Waals surface area contributed by atoms with Crippen LogP contribution in [-0.4, -0.2) is 37.6 Å². The standard InChI is InChI=1S/C22H23NO6/c1-22(2,3)16-7-4-14(5-8-16)17(24)12-27-20(25)11-23-21(26)15-6-9-18-19(10-15)29-13-28-18/h4-10H,11-13H2,1-3H3,(H,23,26). The number of ketones is 1. The van der Waals surface area contributed by atoms with E-state index in [1.54, 1.807) is 24.3 Å². The van der Waals surface area contributed by atoms with Gasteiger partial charge in [-0.1, -0.05) is 45.0 Å². The van der Waals surface area contributed by atoms with Crippen LogP contribution in [0, 0.1) is 0 Å². The molecule has 0 fully saturated rings. The van der Waals surface area contributed by atoms with Crippen LogP contribution in [0.25, 0.3) is 0 Å². The van der Waals surface area contributed by atoms with Gasteiger partial charge in [0.1, 0.15) is 6.54 Å². The van der Waals surface area contributed by atoms with E-state index >= 15 is 0 Å². The first kappa shape index (κ1) is 20.4. The number of carbonyl (C=O) groups excluding carboxylic acids is 3. The Morgan fingerprint density at radius 3 is 2.31 bits per heavy atom. The van der Waals surface area contributed by atoms with Crippen LogP contribution in [-0.2, 0) is 14.9 Å². The van der Waals surface area contributed by atoms with E-state index in [1.807, 2.05) is 12.1 Å². The number of esters is 1. The molecule has 29 heavy (non-hydrogen) atoms. The Bertz CT molecular complexity index is 927. The Labute approximate surface area is 169 Å². The minimum atomic E-state index is -0.696. The van der Waals surface area contributed by atoms with Gasteiger partial charge in [0, 0.05) is 11.1 Å². The van der Waals surface area contributed by atoms with Crippen LogP contribution in [0.15, 0.2) is 42.5 Å². The molecule has 0 atom stereocenters. The van der Waals surface area contributed by atoms with Crippen LogP contribution in [0.3, 0.4) is 0 Å². The molecule has 0 spiro atoms. The van der Waals surface area contributed by atoms with E-state index in [0.29, 0.717) is 22.6 Å². The number of hydrogen-bond donors (Lipinski definition) is 1. The summed E-state index contributed by atoms with van der Waals surface area (Å²) >= 11 is 0. The Morgan fingerprint density at radius 2 is 1.62 bits per heavy atom. The highest BCUT2D eigenvalue weighted by atomic mass is 16.7. The zero-order chi connectivity index (χ0) is 21.0. The molecule has 152 valence electrons. The SMILES string of the molecule is CC(C)(C)c1ccc(C(=O)COC(=O)CNC(=O)c2ccc3c(c2)OCO3)cc1. The molecule has 1 aliphatic heterocycles. The summed E-state index contributed by atoms with van der Waals surface area (Å²) in [4.78, 5) is 36.2. The van der Waals surface area contributed by atoms with Gasteiger partial charge in [-0.25, -0.2) is 0 Å². The second-order valence-corrected chi connectivity index (χ2v) is 7.66. The molecule has 7 heteroatoms. The maximum absolute atomic E-state index is 12.2. The van der Waals surface area contributed by atoms with Crippen LogP contribution < -0.4 is 14.8 Å². The van der Waals surface area contributed by atoms with Gasteiger partial charge in [0.05, 0.1) is 0 Å². The molecule has 1 aliphatic rings. The molecule has 1 N–H and O–H groups in total. The van der Waals surface area contributed by atoms with E-state index < -0.39 is 11.9 Å². The van der Waals surface area contributed by atoms with E-state index in [4.69, 9.17) is 14.2 Å². The number of nitrogens with one attached hydrogen (secondary N) is 1. The highest BCUT2D eigenvalue weighted by Crippen LogP contribution is 2.32. The lowest BCUT2D eigenvalue weighted by atomic mass is 9.86. The molecule has 0 saturated carbocycles. The van der Waals surface area contributed by atoms with Crippen LogP contribution >= 0.6 is 0 Å². The van der Waals surface area contributed by atoms with E-state index in [1.165, 1.54) is 6.07 Å². The summed E-state index contributed by atoms with van der Waals surface area (Å²) in [6.45, 7) is 5.65. The largest absolute Gasteiger partial charge is 0.456 e. The van der Waals surface area contributed by atoms with Crippen molar-refractivity contribution in [1.82, 2.24) is 5.32 Å². The minimum absolute atomic E-state index is 0.00969. The van der Waals surface area contributed by atoms with E-state index in [9.17, 15) is 14.4 Å². The van der Waals surface area contributed by atoms with Crippen LogP contribution in [0.5, 0.6) is 11.5 Å². The van der Waals surface area contributed by atoms with E-state index in [0.717, 1.165) is 5.56 Å². The number of fused-ring (bicyclic) bond motifs is 1. The number of benzene rings is 2. The molecule has 7 nitrogen and oxygen atoms in total. The Morgan fingerprint density at radius 1 is 0.966 bits per heavy atom. The summed E-state index contributed by atoms with van der Waals surface area (Å²) in [5.41, 5.74) is 1.90. The Balaban J connectivity index is 1.46. The molecule has 0 aromatic heterocycles. The fourth-order valence-electron chi connectivity index (χ4n) is 2.73. The maximum Gasteiger partial charge on any atom is 0.325 e. The zero-order valence-electron chi connectivity index (χ0n) is 16.6. The Hall–Kier alpha value is -3.35. The fraction of sp³-hybridized carbons (Fsp3) is 0.318. The number of Topliss-reactive ketones (excluding diaryl/α,β-unsaturated/α-hetero) is 1. The smallest absolute Gasteiger partial charge is 0.325 e. The monoisotopic (exact) mass is 397 g/mol. The number of carbonyl (C=O) groups is 3. The van der Waals surface area contributed by atoms with Crippen molar-refractivity contribution in [3.05, 3.63) is 59.2 Å². The summed E-state index contributed by atoms with van der Waals surface area (Å²) in [6.07, 6.45) is 0. The first-order chi connectivity index (χ1) is 13.7. The second kappa shape index (κ2) is 8.34. The molecule has 0 unspecified atom stereocenters. The van der Waals surface area contributed by atoms with Crippen LogP contribution in [0.4, 0.5) is 0 Å². The number of hydrogen-bond acceptors (Lipinski definition) is 6. The summed E-state index contributed by atoms with van der Waals surface area (Å²) in [5.74, 6) is -0.415. The number of rotatable bonds is 6. The van der Waals surface area contributed by atoms with Gasteiger partial charge >= 0.3 is 5.97 Å². The predicted molar refractivity (Wildman–Crippen MR) is 105 cm³/mol. The molecule has 0 saturated heterocycles. The zero-order valence-corrected chi connectivity index (χ0v) is 16.6. The highest BCUT2D eigenvalue weighted by molar-refractivity contribution is 5.99. The van der Waals surface area contributed by atoms with Gasteiger partial charge in [0.2, 0.25) is 6.79 Å². The number of ether oxygens (including phenoxy) is 3. The lowest BCUT2D eigenvalue weighted by molar-refractivity contribution is -0.141. The third-order valence-electron chi connectivity index (χ3n) is 4.47.